The first-order valence-corrected chi connectivity index (χ1v) is 7.07. The van der Waals surface area contributed by atoms with E-state index in [0.29, 0.717) is 5.69 Å². The van der Waals surface area contributed by atoms with Gasteiger partial charge in [-0.3, -0.25) is 4.99 Å². The fraction of sp³-hybridized carbons (Fsp3) is 0. The fourth-order valence-electron chi connectivity index (χ4n) is 2.36. The van der Waals surface area contributed by atoms with Gasteiger partial charge >= 0.3 is 0 Å². The maximum atomic E-state index is 5.91. The van der Waals surface area contributed by atoms with Crippen molar-refractivity contribution in [3.05, 3.63) is 79.0 Å². The van der Waals surface area contributed by atoms with E-state index in [1.165, 1.54) is 0 Å². The summed E-state index contributed by atoms with van der Waals surface area (Å²) in [5.74, 6) is 0. The number of aliphatic imine (C=N–C) groups is 1. The van der Waals surface area contributed by atoms with Crippen LogP contribution in [-0.2, 0) is 0 Å². The Kier molecular flexibility index (Phi) is 3.88. The standard InChI is InChI=1S/C19H17N3/c1-2-22-16(14-21-18-11-7-6-10-17(18)20)12-13-19(22)15-8-4-3-5-9-15/h2-14H,1,20H2. The number of benzene rings is 2. The number of hydrogen-bond acceptors (Lipinski definition) is 2. The predicted molar refractivity (Wildman–Crippen MR) is 94.4 cm³/mol. The molecule has 0 aliphatic carbocycles. The van der Waals surface area contributed by atoms with Gasteiger partial charge in [0.15, 0.2) is 0 Å². The molecule has 0 bridgehead atoms. The van der Waals surface area contributed by atoms with Crippen LogP contribution in [0.1, 0.15) is 5.69 Å². The minimum Gasteiger partial charge on any atom is -0.397 e. The Labute approximate surface area is 130 Å². The smallest absolute Gasteiger partial charge is 0.0859 e. The van der Waals surface area contributed by atoms with Crippen molar-refractivity contribution in [1.29, 1.82) is 0 Å². The molecule has 3 rings (SSSR count). The molecule has 0 saturated heterocycles. The van der Waals surface area contributed by atoms with Crippen molar-refractivity contribution < 1.29 is 0 Å². The molecule has 0 aliphatic rings. The third-order valence-corrected chi connectivity index (χ3v) is 3.47. The van der Waals surface area contributed by atoms with E-state index in [-0.39, 0.29) is 0 Å². The number of hydrogen-bond donors (Lipinski definition) is 1. The molecule has 2 aromatic carbocycles. The summed E-state index contributed by atoms with van der Waals surface area (Å²) in [4.78, 5) is 4.47. The summed E-state index contributed by atoms with van der Waals surface area (Å²) in [6.45, 7) is 3.90. The first-order chi connectivity index (χ1) is 10.8. The van der Waals surface area contributed by atoms with Crippen LogP contribution in [0, 0.1) is 0 Å². The predicted octanol–water partition coefficient (Wildman–Crippen LogP) is 4.59. The van der Waals surface area contributed by atoms with Gasteiger partial charge < -0.3 is 10.3 Å². The van der Waals surface area contributed by atoms with Crippen molar-refractivity contribution in [3.8, 4) is 11.3 Å². The van der Waals surface area contributed by atoms with Gasteiger partial charge in [-0.05, 0) is 29.8 Å². The Morgan fingerprint density at radius 2 is 1.64 bits per heavy atom. The molecular formula is C19H17N3. The molecule has 0 aliphatic heterocycles. The van der Waals surface area contributed by atoms with Crippen molar-refractivity contribution in [2.45, 2.75) is 0 Å². The zero-order valence-corrected chi connectivity index (χ0v) is 12.2. The zero-order valence-electron chi connectivity index (χ0n) is 12.2. The van der Waals surface area contributed by atoms with Crippen LogP contribution in [0.3, 0.4) is 0 Å². The SMILES string of the molecule is C=Cn1c(C=Nc2ccccc2N)ccc1-c1ccccc1. The zero-order chi connectivity index (χ0) is 15.4. The van der Waals surface area contributed by atoms with E-state index in [4.69, 9.17) is 5.73 Å². The van der Waals surface area contributed by atoms with E-state index in [1.807, 2.05) is 53.1 Å². The number of anilines is 1. The van der Waals surface area contributed by atoms with Crippen molar-refractivity contribution in [3.63, 3.8) is 0 Å². The first kappa shape index (κ1) is 13.9. The van der Waals surface area contributed by atoms with Crippen LogP contribution in [0.5, 0.6) is 0 Å². The third kappa shape index (κ3) is 2.69. The number of rotatable bonds is 4. The fourth-order valence-corrected chi connectivity index (χ4v) is 2.36. The summed E-state index contributed by atoms with van der Waals surface area (Å²) in [5, 5.41) is 0. The Morgan fingerprint density at radius 3 is 2.36 bits per heavy atom. The first-order valence-electron chi connectivity index (χ1n) is 7.07. The summed E-state index contributed by atoms with van der Waals surface area (Å²) in [6.07, 6.45) is 3.60. The molecule has 3 aromatic rings. The highest BCUT2D eigenvalue weighted by atomic mass is 15.0. The topological polar surface area (TPSA) is 43.3 Å². The van der Waals surface area contributed by atoms with Gasteiger partial charge in [-0.2, -0.15) is 0 Å². The number of nitrogens with two attached hydrogens (primary N) is 1. The lowest BCUT2D eigenvalue weighted by Crippen LogP contribution is -1.95. The molecule has 0 spiro atoms. The third-order valence-electron chi connectivity index (χ3n) is 3.47. The Balaban J connectivity index is 1.98. The highest BCUT2D eigenvalue weighted by molar-refractivity contribution is 5.85. The average Bonchev–Trinajstić information content (AvgIpc) is 2.98. The molecular weight excluding hydrogens is 270 g/mol. The number of nitrogen functional groups attached to an aromatic ring is 1. The van der Waals surface area contributed by atoms with Crippen LogP contribution in [0.15, 0.2) is 78.3 Å². The number of aromatic nitrogens is 1. The van der Waals surface area contributed by atoms with Gasteiger partial charge in [0.2, 0.25) is 0 Å². The average molecular weight is 287 g/mol. The molecule has 3 heteroatoms. The lowest BCUT2D eigenvalue weighted by atomic mass is 10.1. The van der Waals surface area contributed by atoms with Crippen LogP contribution in [0.2, 0.25) is 0 Å². The molecule has 0 radical (unpaired) electrons. The van der Waals surface area contributed by atoms with E-state index in [0.717, 1.165) is 22.6 Å². The molecule has 2 N–H and O–H groups in total. The number of nitrogens with zero attached hydrogens (tertiary/aromatic N) is 2. The summed E-state index contributed by atoms with van der Waals surface area (Å²) in [5.41, 5.74) is 10.5. The van der Waals surface area contributed by atoms with Crippen LogP contribution in [0.4, 0.5) is 11.4 Å². The molecule has 0 unspecified atom stereocenters. The minimum absolute atomic E-state index is 0.666. The van der Waals surface area contributed by atoms with Crippen LogP contribution < -0.4 is 5.73 Å². The molecule has 0 amide bonds. The lowest BCUT2D eigenvalue weighted by molar-refractivity contribution is 1.16. The van der Waals surface area contributed by atoms with Crippen molar-refractivity contribution >= 4 is 23.8 Å². The van der Waals surface area contributed by atoms with Gasteiger partial charge in [0, 0.05) is 6.20 Å². The maximum Gasteiger partial charge on any atom is 0.0859 e. The van der Waals surface area contributed by atoms with E-state index in [1.54, 1.807) is 12.4 Å². The Hall–Kier alpha value is -3.07. The van der Waals surface area contributed by atoms with Crippen LogP contribution in [-0.4, -0.2) is 10.8 Å². The van der Waals surface area contributed by atoms with Gasteiger partial charge in [0.05, 0.1) is 29.0 Å². The second-order valence-corrected chi connectivity index (χ2v) is 4.88. The normalized spacial score (nSPS) is 10.9. The Bertz CT molecular complexity index is 814. The molecule has 1 aromatic heterocycles. The van der Waals surface area contributed by atoms with E-state index in [2.05, 4.69) is 29.8 Å². The highest BCUT2D eigenvalue weighted by Crippen LogP contribution is 2.24. The van der Waals surface area contributed by atoms with Crippen molar-refractivity contribution in [2.75, 3.05) is 5.73 Å². The van der Waals surface area contributed by atoms with Gasteiger partial charge in [0.25, 0.3) is 0 Å². The highest BCUT2D eigenvalue weighted by Gasteiger charge is 2.06. The Morgan fingerprint density at radius 1 is 0.909 bits per heavy atom. The van der Waals surface area contributed by atoms with Crippen LogP contribution in [0.25, 0.3) is 17.5 Å². The summed E-state index contributed by atoms with van der Waals surface area (Å²) >= 11 is 0. The summed E-state index contributed by atoms with van der Waals surface area (Å²) in [7, 11) is 0. The molecule has 22 heavy (non-hydrogen) atoms. The van der Waals surface area contributed by atoms with Crippen LogP contribution >= 0.6 is 0 Å². The molecule has 108 valence electrons. The quantitative estimate of drug-likeness (QED) is 0.553. The van der Waals surface area contributed by atoms with Gasteiger partial charge in [-0.25, -0.2) is 0 Å². The minimum atomic E-state index is 0.666. The second kappa shape index (κ2) is 6.14. The molecule has 0 fully saturated rings. The molecule has 0 saturated carbocycles. The maximum absolute atomic E-state index is 5.91. The largest absolute Gasteiger partial charge is 0.397 e. The number of para-hydroxylation sites is 2. The summed E-state index contributed by atoms with van der Waals surface area (Å²) in [6, 6.07) is 21.8. The van der Waals surface area contributed by atoms with Crippen molar-refractivity contribution in [1.82, 2.24) is 4.57 Å². The van der Waals surface area contributed by atoms with Gasteiger partial charge in [-0.1, -0.05) is 49.0 Å². The van der Waals surface area contributed by atoms with E-state index in [9.17, 15) is 0 Å². The van der Waals surface area contributed by atoms with Gasteiger partial charge in [-0.15, -0.1) is 0 Å². The second-order valence-electron chi connectivity index (χ2n) is 4.88. The van der Waals surface area contributed by atoms with Gasteiger partial charge in [0.1, 0.15) is 0 Å². The molecule has 3 nitrogen and oxygen atoms in total. The van der Waals surface area contributed by atoms with E-state index >= 15 is 0 Å². The lowest BCUT2D eigenvalue weighted by Gasteiger charge is -2.06. The molecule has 1 heterocycles. The molecule has 0 atom stereocenters. The monoisotopic (exact) mass is 287 g/mol. The summed E-state index contributed by atoms with van der Waals surface area (Å²) < 4.78 is 2.01. The van der Waals surface area contributed by atoms with Crippen molar-refractivity contribution in [2.24, 2.45) is 4.99 Å². The van der Waals surface area contributed by atoms with E-state index < -0.39 is 0 Å².